The van der Waals surface area contributed by atoms with E-state index in [0.717, 1.165) is 32.5 Å². The van der Waals surface area contributed by atoms with Crippen LogP contribution in [0.5, 0.6) is 0 Å². The van der Waals surface area contributed by atoms with Gasteiger partial charge in [-0.3, -0.25) is 4.90 Å². The SMILES string of the molecule is CCN(C(C)COC)C(CC)(CC)CN. The average molecular weight is 216 g/mol. The zero-order chi connectivity index (χ0) is 11.9. The molecule has 0 rings (SSSR count). The number of nitrogens with two attached hydrogens (primary N) is 1. The van der Waals surface area contributed by atoms with E-state index in [-0.39, 0.29) is 5.54 Å². The van der Waals surface area contributed by atoms with Crippen molar-refractivity contribution >= 4 is 0 Å². The van der Waals surface area contributed by atoms with Gasteiger partial charge in [0.1, 0.15) is 0 Å². The highest BCUT2D eigenvalue weighted by Crippen LogP contribution is 2.25. The first-order valence-corrected chi connectivity index (χ1v) is 6.07. The lowest BCUT2D eigenvalue weighted by Gasteiger charge is -2.45. The lowest BCUT2D eigenvalue weighted by molar-refractivity contribution is 0.0152. The van der Waals surface area contributed by atoms with Gasteiger partial charge in [0, 0.05) is 25.2 Å². The van der Waals surface area contributed by atoms with Gasteiger partial charge < -0.3 is 10.5 Å². The summed E-state index contributed by atoms with van der Waals surface area (Å²) in [5.74, 6) is 0. The molecule has 0 aromatic heterocycles. The minimum atomic E-state index is 0.146. The number of ether oxygens (including phenoxy) is 1. The molecule has 1 unspecified atom stereocenters. The highest BCUT2D eigenvalue weighted by molar-refractivity contribution is 4.91. The number of hydrogen-bond acceptors (Lipinski definition) is 3. The summed E-state index contributed by atoms with van der Waals surface area (Å²) in [6.07, 6.45) is 2.20. The molecule has 0 amide bonds. The van der Waals surface area contributed by atoms with Crippen molar-refractivity contribution in [3.8, 4) is 0 Å². The lowest BCUT2D eigenvalue weighted by atomic mass is 9.89. The van der Waals surface area contributed by atoms with Gasteiger partial charge in [-0.1, -0.05) is 20.8 Å². The normalized spacial score (nSPS) is 14.6. The maximum atomic E-state index is 5.96. The standard InChI is InChI=1S/C12H28N2O/c1-6-12(7-2,10-13)14(8-3)11(4)9-15-5/h11H,6-10,13H2,1-5H3. The van der Waals surface area contributed by atoms with Crippen LogP contribution in [-0.2, 0) is 4.74 Å². The molecular weight excluding hydrogens is 188 g/mol. The monoisotopic (exact) mass is 216 g/mol. The molecule has 0 saturated heterocycles. The van der Waals surface area contributed by atoms with E-state index in [9.17, 15) is 0 Å². The Labute approximate surface area is 95.0 Å². The first-order chi connectivity index (χ1) is 7.11. The van der Waals surface area contributed by atoms with Crippen LogP contribution >= 0.6 is 0 Å². The van der Waals surface area contributed by atoms with E-state index in [1.54, 1.807) is 7.11 Å². The topological polar surface area (TPSA) is 38.5 Å². The summed E-state index contributed by atoms with van der Waals surface area (Å²) in [7, 11) is 1.76. The van der Waals surface area contributed by atoms with Crippen molar-refractivity contribution < 1.29 is 4.74 Å². The smallest absolute Gasteiger partial charge is 0.0615 e. The van der Waals surface area contributed by atoms with Crippen molar-refractivity contribution in [2.45, 2.75) is 52.1 Å². The van der Waals surface area contributed by atoms with Gasteiger partial charge in [0.25, 0.3) is 0 Å². The largest absolute Gasteiger partial charge is 0.383 e. The second kappa shape index (κ2) is 7.20. The Morgan fingerprint density at radius 1 is 1.27 bits per heavy atom. The van der Waals surface area contributed by atoms with E-state index in [2.05, 4.69) is 32.6 Å². The minimum Gasteiger partial charge on any atom is -0.383 e. The number of rotatable bonds is 8. The third-order valence-corrected chi connectivity index (χ3v) is 3.59. The van der Waals surface area contributed by atoms with Crippen LogP contribution in [0, 0.1) is 0 Å². The number of nitrogens with zero attached hydrogens (tertiary/aromatic N) is 1. The Morgan fingerprint density at radius 2 is 1.80 bits per heavy atom. The van der Waals surface area contributed by atoms with Gasteiger partial charge in [0.2, 0.25) is 0 Å². The third kappa shape index (κ3) is 3.44. The van der Waals surface area contributed by atoms with Crippen LogP contribution in [0.25, 0.3) is 0 Å². The number of likely N-dealkylation sites (N-methyl/N-ethyl adjacent to an activating group) is 1. The molecule has 0 aliphatic carbocycles. The Kier molecular flexibility index (Phi) is 7.14. The molecular formula is C12H28N2O. The summed E-state index contributed by atoms with van der Waals surface area (Å²) in [4.78, 5) is 2.48. The van der Waals surface area contributed by atoms with E-state index < -0.39 is 0 Å². The zero-order valence-electron chi connectivity index (χ0n) is 11.0. The fourth-order valence-corrected chi connectivity index (χ4v) is 2.51. The molecule has 0 aromatic rings. The maximum Gasteiger partial charge on any atom is 0.0615 e. The van der Waals surface area contributed by atoms with Crippen molar-refractivity contribution in [1.82, 2.24) is 4.90 Å². The van der Waals surface area contributed by atoms with Gasteiger partial charge >= 0.3 is 0 Å². The second-order valence-corrected chi connectivity index (χ2v) is 4.23. The van der Waals surface area contributed by atoms with E-state index in [4.69, 9.17) is 10.5 Å². The molecule has 0 aromatic carbocycles. The molecule has 0 aliphatic heterocycles. The molecule has 0 fully saturated rings. The minimum absolute atomic E-state index is 0.146. The van der Waals surface area contributed by atoms with Gasteiger partial charge in [-0.05, 0) is 26.3 Å². The van der Waals surface area contributed by atoms with Crippen LogP contribution < -0.4 is 5.73 Å². The number of methoxy groups -OCH3 is 1. The zero-order valence-corrected chi connectivity index (χ0v) is 11.0. The van der Waals surface area contributed by atoms with Crippen LogP contribution in [0.15, 0.2) is 0 Å². The van der Waals surface area contributed by atoms with E-state index in [1.807, 2.05) is 0 Å². The highest BCUT2D eigenvalue weighted by Gasteiger charge is 2.33. The lowest BCUT2D eigenvalue weighted by Crippen LogP contribution is -2.57. The summed E-state index contributed by atoms with van der Waals surface area (Å²) in [5.41, 5.74) is 6.10. The fourth-order valence-electron chi connectivity index (χ4n) is 2.51. The molecule has 0 bridgehead atoms. The molecule has 3 heteroatoms. The number of hydrogen-bond donors (Lipinski definition) is 1. The summed E-state index contributed by atoms with van der Waals surface area (Å²) in [5, 5.41) is 0. The van der Waals surface area contributed by atoms with Gasteiger partial charge in [0.15, 0.2) is 0 Å². The van der Waals surface area contributed by atoms with Crippen LogP contribution in [0.4, 0.5) is 0 Å². The van der Waals surface area contributed by atoms with E-state index in [1.165, 1.54) is 0 Å². The molecule has 0 heterocycles. The molecule has 0 spiro atoms. The quantitative estimate of drug-likeness (QED) is 0.673. The van der Waals surface area contributed by atoms with E-state index in [0.29, 0.717) is 6.04 Å². The average Bonchev–Trinajstić information content (AvgIpc) is 2.26. The summed E-state index contributed by atoms with van der Waals surface area (Å²) in [6.45, 7) is 11.4. The van der Waals surface area contributed by atoms with Crippen molar-refractivity contribution in [3.63, 3.8) is 0 Å². The first kappa shape index (κ1) is 14.9. The van der Waals surface area contributed by atoms with Crippen LogP contribution in [0.2, 0.25) is 0 Å². The predicted octanol–water partition coefficient (Wildman–Crippen LogP) is 1.86. The van der Waals surface area contributed by atoms with Gasteiger partial charge in [0.05, 0.1) is 6.61 Å². The summed E-state index contributed by atoms with van der Waals surface area (Å²) in [6, 6.07) is 0.434. The van der Waals surface area contributed by atoms with Crippen LogP contribution in [0.1, 0.15) is 40.5 Å². The van der Waals surface area contributed by atoms with Crippen LogP contribution in [0.3, 0.4) is 0 Å². The molecule has 0 aliphatic rings. The third-order valence-electron chi connectivity index (χ3n) is 3.59. The Bertz CT molecular complexity index is 149. The van der Waals surface area contributed by atoms with Crippen molar-refractivity contribution in [2.75, 3.05) is 26.8 Å². The fraction of sp³-hybridized carbons (Fsp3) is 1.00. The van der Waals surface area contributed by atoms with Gasteiger partial charge in [-0.15, -0.1) is 0 Å². The maximum absolute atomic E-state index is 5.96. The van der Waals surface area contributed by atoms with Crippen LogP contribution in [-0.4, -0.2) is 43.3 Å². The molecule has 15 heavy (non-hydrogen) atoms. The molecule has 0 saturated carbocycles. The van der Waals surface area contributed by atoms with Crippen molar-refractivity contribution in [3.05, 3.63) is 0 Å². The molecule has 1 atom stereocenters. The Balaban J connectivity index is 4.72. The summed E-state index contributed by atoms with van der Waals surface area (Å²) < 4.78 is 5.23. The van der Waals surface area contributed by atoms with E-state index >= 15 is 0 Å². The van der Waals surface area contributed by atoms with Crippen molar-refractivity contribution in [1.29, 1.82) is 0 Å². The summed E-state index contributed by atoms with van der Waals surface area (Å²) >= 11 is 0. The molecule has 2 N–H and O–H groups in total. The van der Waals surface area contributed by atoms with Gasteiger partial charge in [-0.25, -0.2) is 0 Å². The molecule has 3 nitrogen and oxygen atoms in total. The van der Waals surface area contributed by atoms with Crippen molar-refractivity contribution in [2.24, 2.45) is 5.73 Å². The first-order valence-electron chi connectivity index (χ1n) is 6.07. The Hall–Kier alpha value is -0.120. The second-order valence-electron chi connectivity index (χ2n) is 4.23. The predicted molar refractivity (Wildman–Crippen MR) is 66.1 cm³/mol. The molecule has 92 valence electrons. The molecule has 0 radical (unpaired) electrons. The Morgan fingerprint density at radius 3 is 2.07 bits per heavy atom. The highest BCUT2D eigenvalue weighted by atomic mass is 16.5. The van der Waals surface area contributed by atoms with Gasteiger partial charge in [-0.2, -0.15) is 0 Å².